The van der Waals surface area contributed by atoms with Crippen LogP contribution in [-0.4, -0.2) is 28.5 Å². The van der Waals surface area contributed by atoms with E-state index in [1.54, 1.807) is 0 Å². The van der Waals surface area contributed by atoms with Crippen LogP contribution in [0, 0.1) is 0 Å². The molecule has 0 unspecified atom stereocenters. The molecule has 0 N–H and O–H groups in total. The summed E-state index contributed by atoms with van der Waals surface area (Å²) in [6.07, 6.45) is 5.55. The molecule has 11 aromatic rings. The van der Waals surface area contributed by atoms with E-state index < -0.39 is 0 Å². The average molecular weight is 601 g/mol. The van der Waals surface area contributed by atoms with Gasteiger partial charge in [0, 0.05) is 56.1 Å². The number of fused-ring (bicyclic) bond motifs is 15. The molecule has 218 valence electrons. The van der Waals surface area contributed by atoms with E-state index in [4.69, 9.17) is 9.97 Å². The number of para-hydroxylation sites is 3. The highest BCUT2D eigenvalue weighted by Crippen LogP contribution is 2.44. The highest BCUT2D eigenvalue weighted by molar-refractivity contribution is 6.26. The molecule has 0 fully saturated rings. The summed E-state index contributed by atoms with van der Waals surface area (Å²) >= 11 is 0. The van der Waals surface area contributed by atoms with Crippen LogP contribution in [0.1, 0.15) is 0 Å². The summed E-state index contributed by atoms with van der Waals surface area (Å²) in [6.45, 7) is 0. The third kappa shape index (κ3) is 3.21. The van der Waals surface area contributed by atoms with Gasteiger partial charge in [-0.15, -0.1) is 0 Å². The number of hydrogen-bond donors (Lipinski definition) is 0. The third-order valence-corrected chi connectivity index (χ3v) is 9.71. The molecule has 47 heavy (non-hydrogen) atoms. The van der Waals surface area contributed by atoms with Crippen LogP contribution in [0.2, 0.25) is 0 Å². The summed E-state index contributed by atoms with van der Waals surface area (Å²) in [7, 11) is 0. The van der Waals surface area contributed by atoms with E-state index in [2.05, 4.69) is 134 Å². The summed E-state index contributed by atoms with van der Waals surface area (Å²) in [5.41, 5.74) is 11.7. The summed E-state index contributed by atoms with van der Waals surface area (Å²) in [5, 5.41) is 6.96. The minimum atomic E-state index is 0.867. The van der Waals surface area contributed by atoms with E-state index in [0.29, 0.717) is 0 Å². The fourth-order valence-electron chi connectivity index (χ4n) is 7.81. The lowest BCUT2D eigenvalue weighted by Gasteiger charge is -2.13. The number of pyridine rings is 3. The quantitative estimate of drug-likeness (QED) is 0.186. The Hall–Kier alpha value is -6.53. The van der Waals surface area contributed by atoms with Gasteiger partial charge >= 0.3 is 0 Å². The Morgan fingerprint density at radius 1 is 0.447 bits per heavy atom. The van der Waals surface area contributed by atoms with Gasteiger partial charge < -0.3 is 9.13 Å². The van der Waals surface area contributed by atoms with Crippen LogP contribution >= 0.6 is 0 Å². The first kappa shape index (κ1) is 24.8. The minimum absolute atomic E-state index is 0.867. The summed E-state index contributed by atoms with van der Waals surface area (Å²) in [4.78, 5) is 14.5. The molecule has 6 heteroatoms. The second-order valence-electron chi connectivity index (χ2n) is 12.1. The zero-order chi connectivity index (χ0) is 30.6. The van der Waals surface area contributed by atoms with Crippen molar-refractivity contribution in [1.82, 2.24) is 28.5 Å². The standard InChI is InChI=1S/C41H24N6/c1-3-10-25(11-4-1)45-34-15-8-7-14-27(34)28-17-18-29-30-22-32-31(23-37(30)46(40(29)39(28)45)26-12-5-2-6-13-26)38-36(16-9-20-43-38)47-35-19-21-42-24-33(35)44-41(32)47/h1-24H. The number of imidazole rings is 1. The number of hydrogen-bond acceptors (Lipinski definition) is 3. The van der Waals surface area contributed by atoms with Gasteiger partial charge in [0.25, 0.3) is 0 Å². The molecule has 0 aliphatic heterocycles. The van der Waals surface area contributed by atoms with E-state index in [1.165, 1.54) is 38.1 Å². The molecule has 11 rings (SSSR count). The van der Waals surface area contributed by atoms with Crippen molar-refractivity contribution >= 4 is 82.1 Å². The molecule has 0 amide bonds. The molecule has 0 aliphatic rings. The lowest BCUT2D eigenvalue weighted by atomic mass is 10.0. The molecule has 5 aromatic carbocycles. The van der Waals surface area contributed by atoms with Crippen LogP contribution in [-0.2, 0) is 0 Å². The molecular formula is C41H24N6. The highest BCUT2D eigenvalue weighted by atomic mass is 15.1. The van der Waals surface area contributed by atoms with Gasteiger partial charge in [0.15, 0.2) is 0 Å². The molecule has 0 spiro atoms. The van der Waals surface area contributed by atoms with Gasteiger partial charge in [-0.25, -0.2) is 4.98 Å². The topological polar surface area (TPSA) is 52.9 Å². The number of benzene rings is 5. The first-order valence-electron chi connectivity index (χ1n) is 15.8. The number of rotatable bonds is 2. The van der Waals surface area contributed by atoms with Crippen molar-refractivity contribution in [1.29, 1.82) is 0 Å². The first-order chi connectivity index (χ1) is 23.3. The van der Waals surface area contributed by atoms with Gasteiger partial charge in [0.1, 0.15) is 11.2 Å². The summed E-state index contributed by atoms with van der Waals surface area (Å²) in [6, 6.07) is 45.6. The lowest BCUT2D eigenvalue weighted by molar-refractivity contribution is 1.15. The van der Waals surface area contributed by atoms with E-state index in [-0.39, 0.29) is 0 Å². The van der Waals surface area contributed by atoms with E-state index >= 15 is 0 Å². The fraction of sp³-hybridized carbons (Fsp3) is 0. The van der Waals surface area contributed by atoms with Crippen LogP contribution in [0.15, 0.2) is 146 Å². The smallest absolute Gasteiger partial charge is 0.146 e. The highest BCUT2D eigenvalue weighted by Gasteiger charge is 2.23. The Bertz CT molecular complexity index is 3060. The Morgan fingerprint density at radius 2 is 1.13 bits per heavy atom. The fourth-order valence-corrected chi connectivity index (χ4v) is 7.81. The van der Waals surface area contributed by atoms with Gasteiger partial charge in [-0.1, -0.05) is 66.7 Å². The minimum Gasteiger partial charge on any atom is -0.307 e. The molecule has 0 radical (unpaired) electrons. The van der Waals surface area contributed by atoms with E-state index in [0.717, 1.165) is 55.4 Å². The van der Waals surface area contributed by atoms with Crippen LogP contribution in [0.3, 0.4) is 0 Å². The van der Waals surface area contributed by atoms with Crippen LogP contribution in [0.5, 0.6) is 0 Å². The predicted molar refractivity (Wildman–Crippen MR) is 192 cm³/mol. The molecule has 0 atom stereocenters. The first-order valence-corrected chi connectivity index (χ1v) is 15.8. The maximum atomic E-state index is 5.14. The predicted octanol–water partition coefficient (Wildman–Crippen LogP) is 9.78. The summed E-state index contributed by atoms with van der Waals surface area (Å²) in [5.74, 6) is 0. The van der Waals surface area contributed by atoms with Crippen molar-refractivity contribution in [2.75, 3.05) is 0 Å². The van der Waals surface area contributed by atoms with Gasteiger partial charge in [-0.3, -0.25) is 14.4 Å². The second-order valence-corrected chi connectivity index (χ2v) is 12.1. The van der Waals surface area contributed by atoms with Gasteiger partial charge in [0.05, 0.1) is 44.8 Å². The Balaban J connectivity index is 1.42. The van der Waals surface area contributed by atoms with E-state index in [1.807, 2.05) is 30.7 Å². The van der Waals surface area contributed by atoms with Crippen molar-refractivity contribution in [3.8, 4) is 11.4 Å². The number of aromatic nitrogens is 6. The second kappa shape index (κ2) is 9.02. The maximum Gasteiger partial charge on any atom is 0.146 e. The van der Waals surface area contributed by atoms with Crippen molar-refractivity contribution in [2.24, 2.45) is 0 Å². The molecular weight excluding hydrogens is 576 g/mol. The Kier molecular flexibility index (Phi) is 4.75. The molecule has 0 saturated carbocycles. The zero-order valence-corrected chi connectivity index (χ0v) is 25.0. The van der Waals surface area contributed by atoms with Crippen LogP contribution in [0.25, 0.3) is 93.5 Å². The van der Waals surface area contributed by atoms with Gasteiger partial charge in [0.2, 0.25) is 0 Å². The van der Waals surface area contributed by atoms with Crippen molar-refractivity contribution < 1.29 is 0 Å². The molecule has 6 heterocycles. The Morgan fingerprint density at radius 3 is 1.91 bits per heavy atom. The van der Waals surface area contributed by atoms with Crippen LogP contribution < -0.4 is 0 Å². The van der Waals surface area contributed by atoms with Crippen molar-refractivity contribution in [3.63, 3.8) is 0 Å². The van der Waals surface area contributed by atoms with Gasteiger partial charge in [-0.05, 0) is 60.7 Å². The average Bonchev–Trinajstić information content (AvgIpc) is 3.80. The monoisotopic (exact) mass is 600 g/mol. The summed E-state index contributed by atoms with van der Waals surface area (Å²) < 4.78 is 7.10. The van der Waals surface area contributed by atoms with E-state index in [9.17, 15) is 0 Å². The normalized spacial score (nSPS) is 12.3. The SMILES string of the molecule is c1ccc(-n2c3ccccc3c3ccc4c5cc6c(cc5n(-c5ccccc5)c4c32)c2ncccc2n2c3ccncc3nc62)cc1. The lowest BCUT2D eigenvalue weighted by Crippen LogP contribution is -1.98. The maximum absolute atomic E-state index is 5.14. The molecule has 6 aromatic heterocycles. The molecule has 6 nitrogen and oxygen atoms in total. The van der Waals surface area contributed by atoms with Crippen molar-refractivity contribution in [2.45, 2.75) is 0 Å². The Labute approximate surface area is 267 Å². The zero-order valence-electron chi connectivity index (χ0n) is 25.0. The van der Waals surface area contributed by atoms with Crippen LogP contribution in [0.4, 0.5) is 0 Å². The number of nitrogens with zero attached hydrogens (tertiary/aromatic N) is 6. The van der Waals surface area contributed by atoms with Gasteiger partial charge in [-0.2, -0.15) is 0 Å². The largest absolute Gasteiger partial charge is 0.307 e. The van der Waals surface area contributed by atoms with Crippen molar-refractivity contribution in [3.05, 3.63) is 146 Å². The molecule has 0 bridgehead atoms. The third-order valence-electron chi connectivity index (χ3n) is 9.71. The molecule has 0 aliphatic carbocycles. The molecule has 0 saturated heterocycles.